The average molecular weight is 416 g/mol. The summed E-state index contributed by atoms with van der Waals surface area (Å²) < 4.78 is 11.5. The molecule has 0 aliphatic carbocycles. The van der Waals surface area contributed by atoms with E-state index in [9.17, 15) is 10.1 Å². The zero-order valence-electron chi connectivity index (χ0n) is 17.3. The largest absolute Gasteiger partial charge is 0.492 e. The highest BCUT2D eigenvalue weighted by atomic mass is 16.5. The molecule has 3 aromatic rings. The molecule has 0 spiro atoms. The van der Waals surface area contributed by atoms with E-state index in [1.54, 1.807) is 12.3 Å². The predicted octanol–water partition coefficient (Wildman–Crippen LogP) is 2.90. The number of para-hydroxylation sites is 1. The van der Waals surface area contributed by atoms with Gasteiger partial charge in [-0.3, -0.25) is 9.78 Å². The Labute approximate surface area is 181 Å². The van der Waals surface area contributed by atoms with Crippen molar-refractivity contribution >= 4 is 22.5 Å². The minimum atomic E-state index is -0.595. The van der Waals surface area contributed by atoms with Crippen LogP contribution in [0.3, 0.4) is 0 Å². The summed E-state index contributed by atoms with van der Waals surface area (Å²) in [5.74, 6) is 0.607. The van der Waals surface area contributed by atoms with Gasteiger partial charge in [0.1, 0.15) is 18.4 Å². The molecule has 0 bridgehead atoms. The van der Waals surface area contributed by atoms with E-state index in [2.05, 4.69) is 21.3 Å². The van der Waals surface area contributed by atoms with Gasteiger partial charge in [-0.15, -0.1) is 0 Å². The Morgan fingerprint density at radius 1 is 1.23 bits per heavy atom. The van der Waals surface area contributed by atoms with Gasteiger partial charge in [-0.2, -0.15) is 5.26 Å². The highest BCUT2D eigenvalue weighted by Gasteiger charge is 2.31. The Morgan fingerprint density at radius 2 is 2.06 bits per heavy atom. The van der Waals surface area contributed by atoms with Crippen LogP contribution in [-0.2, 0) is 9.53 Å². The number of ether oxygens (including phenoxy) is 2. The van der Waals surface area contributed by atoms with Crippen molar-refractivity contribution in [3.05, 3.63) is 66.4 Å². The maximum absolute atomic E-state index is 12.7. The molecule has 1 fully saturated rings. The molecule has 7 nitrogen and oxygen atoms in total. The van der Waals surface area contributed by atoms with Crippen molar-refractivity contribution in [1.29, 1.82) is 5.26 Å². The van der Waals surface area contributed by atoms with Crippen molar-refractivity contribution < 1.29 is 14.3 Å². The minimum absolute atomic E-state index is 0.118. The van der Waals surface area contributed by atoms with E-state index in [0.29, 0.717) is 37.3 Å². The van der Waals surface area contributed by atoms with Crippen LogP contribution >= 0.6 is 0 Å². The molecule has 2 heterocycles. The molecule has 1 saturated heterocycles. The molecule has 7 heteroatoms. The smallest absolute Gasteiger partial charge is 0.251 e. The van der Waals surface area contributed by atoms with Gasteiger partial charge in [0.2, 0.25) is 0 Å². The fourth-order valence-corrected chi connectivity index (χ4v) is 3.79. The lowest BCUT2D eigenvalue weighted by Crippen LogP contribution is -2.53. The number of hydrogen-bond donors (Lipinski definition) is 1. The van der Waals surface area contributed by atoms with E-state index in [1.807, 2.05) is 55.5 Å². The molecule has 0 radical (unpaired) electrons. The average Bonchev–Trinajstić information content (AvgIpc) is 2.81. The molecule has 2 aromatic carbocycles. The standard InChI is InChI=1S/C24H24N4O3/c1-17-15-28(21-10-9-18(14-25)23-20(21)8-5-11-26-23)16-22(31-17)24(29)27-12-13-30-19-6-3-2-4-7-19/h2-11,17,22H,12-13,15-16H2,1H3,(H,27,29)/t17-,22-/m1/s1. The van der Waals surface area contributed by atoms with Gasteiger partial charge in [0.15, 0.2) is 6.10 Å². The highest BCUT2D eigenvalue weighted by molar-refractivity contribution is 5.95. The number of anilines is 1. The van der Waals surface area contributed by atoms with Crippen LogP contribution in [0.15, 0.2) is 60.8 Å². The van der Waals surface area contributed by atoms with Crippen molar-refractivity contribution in [1.82, 2.24) is 10.3 Å². The van der Waals surface area contributed by atoms with Gasteiger partial charge < -0.3 is 19.7 Å². The molecule has 158 valence electrons. The fraction of sp³-hybridized carbons (Fsp3) is 0.292. The number of aromatic nitrogens is 1. The number of rotatable bonds is 6. The maximum Gasteiger partial charge on any atom is 0.251 e. The zero-order valence-corrected chi connectivity index (χ0v) is 17.3. The van der Waals surface area contributed by atoms with Gasteiger partial charge in [-0.05, 0) is 43.3 Å². The first-order valence-corrected chi connectivity index (χ1v) is 10.3. The number of benzene rings is 2. The molecular formula is C24H24N4O3. The first-order chi connectivity index (χ1) is 15.2. The number of pyridine rings is 1. The van der Waals surface area contributed by atoms with Crippen LogP contribution in [0, 0.1) is 11.3 Å². The number of morpholine rings is 1. The van der Waals surface area contributed by atoms with Crippen LogP contribution in [0.1, 0.15) is 12.5 Å². The van der Waals surface area contributed by atoms with E-state index in [1.165, 1.54) is 0 Å². The Hall–Kier alpha value is -3.63. The lowest BCUT2D eigenvalue weighted by atomic mass is 10.1. The molecule has 0 saturated carbocycles. The summed E-state index contributed by atoms with van der Waals surface area (Å²) in [5, 5.41) is 13.2. The molecule has 0 unspecified atom stereocenters. The fourth-order valence-electron chi connectivity index (χ4n) is 3.79. The first kappa shape index (κ1) is 20.6. The summed E-state index contributed by atoms with van der Waals surface area (Å²) in [7, 11) is 0. The van der Waals surface area contributed by atoms with E-state index >= 15 is 0 Å². The Bertz CT molecular complexity index is 1100. The third-order valence-electron chi connectivity index (χ3n) is 5.17. The minimum Gasteiger partial charge on any atom is -0.492 e. The second-order valence-corrected chi connectivity index (χ2v) is 7.44. The van der Waals surface area contributed by atoms with E-state index in [0.717, 1.165) is 16.8 Å². The van der Waals surface area contributed by atoms with Gasteiger partial charge in [0.05, 0.1) is 30.3 Å². The SMILES string of the molecule is C[C@@H]1CN(c2ccc(C#N)c3ncccc23)C[C@H](C(=O)NCCOc2ccccc2)O1. The number of carbonyl (C=O) groups excluding carboxylic acids is 1. The molecule has 4 rings (SSSR count). The molecule has 1 aromatic heterocycles. The quantitative estimate of drug-likeness (QED) is 0.622. The molecule has 2 atom stereocenters. The zero-order chi connectivity index (χ0) is 21.6. The molecule has 31 heavy (non-hydrogen) atoms. The molecule has 1 aliphatic heterocycles. The second kappa shape index (κ2) is 9.45. The summed E-state index contributed by atoms with van der Waals surface area (Å²) in [6.07, 6.45) is 0.970. The Kier molecular flexibility index (Phi) is 6.29. The van der Waals surface area contributed by atoms with Crippen molar-refractivity contribution in [2.75, 3.05) is 31.1 Å². The van der Waals surface area contributed by atoms with Gasteiger partial charge in [0, 0.05) is 23.8 Å². The van der Waals surface area contributed by atoms with Crippen molar-refractivity contribution in [3.8, 4) is 11.8 Å². The third-order valence-corrected chi connectivity index (χ3v) is 5.17. The summed E-state index contributed by atoms with van der Waals surface area (Å²) >= 11 is 0. The highest BCUT2D eigenvalue weighted by Crippen LogP contribution is 2.30. The number of fused-ring (bicyclic) bond motifs is 1. The van der Waals surface area contributed by atoms with Crippen LogP contribution in [0.2, 0.25) is 0 Å². The topological polar surface area (TPSA) is 87.5 Å². The van der Waals surface area contributed by atoms with Crippen LogP contribution in [0.4, 0.5) is 5.69 Å². The lowest BCUT2D eigenvalue weighted by molar-refractivity contribution is -0.137. The van der Waals surface area contributed by atoms with Crippen LogP contribution in [-0.4, -0.2) is 49.3 Å². The molecule has 1 amide bonds. The molecule has 1 aliphatic rings. The van der Waals surface area contributed by atoms with Gasteiger partial charge in [0.25, 0.3) is 5.91 Å². The molecule has 1 N–H and O–H groups in total. The number of nitrogens with zero attached hydrogens (tertiary/aromatic N) is 3. The summed E-state index contributed by atoms with van der Waals surface area (Å²) in [6, 6.07) is 19.2. The van der Waals surface area contributed by atoms with Gasteiger partial charge in [-0.1, -0.05) is 18.2 Å². The Balaban J connectivity index is 1.42. The lowest BCUT2D eigenvalue weighted by Gasteiger charge is -2.38. The molecular weight excluding hydrogens is 392 g/mol. The van der Waals surface area contributed by atoms with E-state index in [4.69, 9.17) is 9.47 Å². The van der Waals surface area contributed by atoms with Crippen molar-refractivity contribution in [2.24, 2.45) is 0 Å². The second-order valence-electron chi connectivity index (χ2n) is 7.44. The van der Waals surface area contributed by atoms with Gasteiger partial charge in [-0.25, -0.2) is 0 Å². The summed E-state index contributed by atoms with van der Waals surface area (Å²) in [4.78, 5) is 19.2. The number of hydrogen-bond acceptors (Lipinski definition) is 6. The van der Waals surface area contributed by atoms with E-state index in [-0.39, 0.29) is 12.0 Å². The van der Waals surface area contributed by atoms with E-state index < -0.39 is 6.10 Å². The maximum atomic E-state index is 12.7. The van der Waals surface area contributed by atoms with Crippen molar-refractivity contribution in [3.63, 3.8) is 0 Å². The first-order valence-electron chi connectivity index (χ1n) is 10.3. The number of carbonyl (C=O) groups is 1. The van der Waals surface area contributed by atoms with Gasteiger partial charge >= 0.3 is 0 Å². The van der Waals surface area contributed by atoms with Crippen LogP contribution in [0.5, 0.6) is 5.75 Å². The summed E-state index contributed by atoms with van der Waals surface area (Å²) in [6.45, 7) is 3.80. The monoisotopic (exact) mass is 416 g/mol. The third kappa shape index (κ3) is 4.76. The van der Waals surface area contributed by atoms with Crippen molar-refractivity contribution in [2.45, 2.75) is 19.1 Å². The summed E-state index contributed by atoms with van der Waals surface area (Å²) in [5.41, 5.74) is 2.15. The number of nitriles is 1. The van der Waals surface area contributed by atoms with Crippen LogP contribution in [0.25, 0.3) is 10.9 Å². The Morgan fingerprint density at radius 3 is 2.87 bits per heavy atom. The number of amides is 1. The normalized spacial score (nSPS) is 18.4. The number of nitrogens with one attached hydrogen (secondary N) is 1. The van der Waals surface area contributed by atoms with Crippen LogP contribution < -0.4 is 15.0 Å². The predicted molar refractivity (Wildman–Crippen MR) is 118 cm³/mol.